The SMILES string of the molecule is CC(C)N(CCC(=O)O)CCC1CCCO1. The van der Waals surface area contributed by atoms with Gasteiger partial charge in [0.15, 0.2) is 0 Å². The molecule has 0 aromatic heterocycles. The Morgan fingerprint density at radius 2 is 2.25 bits per heavy atom. The van der Waals surface area contributed by atoms with Crippen molar-refractivity contribution < 1.29 is 14.6 Å². The summed E-state index contributed by atoms with van der Waals surface area (Å²) < 4.78 is 5.57. The number of carboxylic acid groups (broad SMARTS) is 1. The monoisotopic (exact) mass is 229 g/mol. The van der Waals surface area contributed by atoms with E-state index in [2.05, 4.69) is 18.7 Å². The molecule has 1 rings (SSSR count). The summed E-state index contributed by atoms with van der Waals surface area (Å²) in [6.07, 6.45) is 3.97. The molecular weight excluding hydrogens is 206 g/mol. The number of hydrogen-bond acceptors (Lipinski definition) is 3. The highest BCUT2D eigenvalue weighted by Gasteiger charge is 2.18. The van der Waals surface area contributed by atoms with Gasteiger partial charge in [0.1, 0.15) is 0 Å². The molecule has 0 spiro atoms. The van der Waals surface area contributed by atoms with Gasteiger partial charge in [0.05, 0.1) is 12.5 Å². The van der Waals surface area contributed by atoms with Crippen molar-refractivity contribution in [2.24, 2.45) is 0 Å². The molecule has 0 aromatic carbocycles. The Morgan fingerprint density at radius 1 is 1.50 bits per heavy atom. The van der Waals surface area contributed by atoms with E-state index in [0.717, 1.165) is 26.0 Å². The van der Waals surface area contributed by atoms with Crippen LogP contribution in [0, 0.1) is 0 Å². The summed E-state index contributed by atoms with van der Waals surface area (Å²) in [5, 5.41) is 8.67. The first-order valence-corrected chi connectivity index (χ1v) is 6.17. The smallest absolute Gasteiger partial charge is 0.304 e. The van der Waals surface area contributed by atoms with Gasteiger partial charge in [-0.15, -0.1) is 0 Å². The lowest BCUT2D eigenvalue weighted by Crippen LogP contribution is -2.35. The predicted molar refractivity (Wildman–Crippen MR) is 62.6 cm³/mol. The second-order valence-corrected chi connectivity index (χ2v) is 4.70. The number of nitrogens with zero attached hydrogens (tertiary/aromatic N) is 1. The number of ether oxygens (including phenoxy) is 1. The normalized spacial score (nSPS) is 20.9. The van der Waals surface area contributed by atoms with E-state index in [1.807, 2.05) is 0 Å². The van der Waals surface area contributed by atoms with Crippen molar-refractivity contribution in [2.75, 3.05) is 19.7 Å². The predicted octanol–water partition coefficient (Wildman–Crippen LogP) is 1.74. The first kappa shape index (κ1) is 13.5. The Labute approximate surface area is 97.6 Å². The second-order valence-electron chi connectivity index (χ2n) is 4.70. The Morgan fingerprint density at radius 3 is 2.75 bits per heavy atom. The van der Waals surface area contributed by atoms with Gasteiger partial charge in [0, 0.05) is 25.7 Å². The maximum atomic E-state index is 10.5. The van der Waals surface area contributed by atoms with Crippen molar-refractivity contribution >= 4 is 5.97 Å². The zero-order chi connectivity index (χ0) is 12.0. The van der Waals surface area contributed by atoms with Gasteiger partial charge in [-0.3, -0.25) is 4.79 Å². The summed E-state index contributed by atoms with van der Waals surface area (Å²) in [7, 11) is 0. The van der Waals surface area contributed by atoms with E-state index >= 15 is 0 Å². The summed E-state index contributed by atoms with van der Waals surface area (Å²) >= 11 is 0. The maximum absolute atomic E-state index is 10.5. The van der Waals surface area contributed by atoms with Crippen molar-refractivity contribution in [3.05, 3.63) is 0 Å². The fraction of sp³-hybridized carbons (Fsp3) is 0.917. The summed E-state index contributed by atoms with van der Waals surface area (Å²) in [5.74, 6) is -0.720. The van der Waals surface area contributed by atoms with Crippen LogP contribution in [0.5, 0.6) is 0 Å². The average molecular weight is 229 g/mol. The highest BCUT2D eigenvalue weighted by molar-refractivity contribution is 5.66. The van der Waals surface area contributed by atoms with E-state index in [1.54, 1.807) is 0 Å². The lowest BCUT2D eigenvalue weighted by Gasteiger charge is -2.26. The topological polar surface area (TPSA) is 49.8 Å². The van der Waals surface area contributed by atoms with Gasteiger partial charge in [-0.05, 0) is 33.1 Å². The van der Waals surface area contributed by atoms with E-state index in [-0.39, 0.29) is 6.42 Å². The van der Waals surface area contributed by atoms with Crippen LogP contribution in [0.4, 0.5) is 0 Å². The van der Waals surface area contributed by atoms with Crippen LogP contribution < -0.4 is 0 Å². The molecule has 1 heterocycles. The highest BCUT2D eigenvalue weighted by atomic mass is 16.5. The molecule has 16 heavy (non-hydrogen) atoms. The maximum Gasteiger partial charge on any atom is 0.304 e. The summed E-state index contributed by atoms with van der Waals surface area (Å²) in [5.41, 5.74) is 0. The molecule has 1 fully saturated rings. The second kappa shape index (κ2) is 6.86. The molecule has 4 heteroatoms. The van der Waals surface area contributed by atoms with Crippen molar-refractivity contribution in [1.82, 2.24) is 4.90 Å². The molecule has 1 aliphatic heterocycles. The molecular formula is C12H23NO3. The lowest BCUT2D eigenvalue weighted by atomic mass is 10.1. The molecule has 1 atom stereocenters. The molecule has 0 saturated carbocycles. The minimum absolute atomic E-state index is 0.226. The van der Waals surface area contributed by atoms with Crippen LogP contribution >= 0.6 is 0 Å². The largest absolute Gasteiger partial charge is 0.481 e. The molecule has 0 bridgehead atoms. The molecule has 4 nitrogen and oxygen atoms in total. The van der Waals surface area contributed by atoms with Crippen LogP contribution in [0.25, 0.3) is 0 Å². The highest BCUT2D eigenvalue weighted by Crippen LogP contribution is 2.16. The number of hydrogen-bond donors (Lipinski definition) is 1. The molecule has 94 valence electrons. The zero-order valence-corrected chi connectivity index (χ0v) is 10.3. The van der Waals surface area contributed by atoms with Crippen molar-refractivity contribution in [3.63, 3.8) is 0 Å². The Bertz CT molecular complexity index is 212. The fourth-order valence-corrected chi connectivity index (χ4v) is 2.05. The first-order valence-electron chi connectivity index (χ1n) is 6.17. The van der Waals surface area contributed by atoms with Gasteiger partial charge in [0.25, 0.3) is 0 Å². The van der Waals surface area contributed by atoms with Crippen molar-refractivity contribution in [3.8, 4) is 0 Å². The van der Waals surface area contributed by atoms with Gasteiger partial charge in [-0.25, -0.2) is 0 Å². The minimum Gasteiger partial charge on any atom is -0.481 e. The van der Waals surface area contributed by atoms with E-state index in [9.17, 15) is 4.79 Å². The van der Waals surface area contributed by atoms with E-state index in [1.165, 1.54) is 6.42 Å². The van der Waals surface area contributed by atoms with Crippen LogP contribution in [0.15, 0.2) is 0 Å². The van der Waals surface area contributed by atoms with Gasteiger partial charge in [-0.2, -0.15) is 0 Å². The van der Waals surface area contributed by atoms with Gasteiger partial charge in [-0.1, -0.05) is 0 Å². The van der Waals surface area contributed by atoms with Gasteiger partial charge >= 0.3 is 5.97 Å². The summed E-state index contributed by atoms with van der Waals surface area (Å²) in [6.45, 7) is 6.69. The Kier molecular flexibility index (Phi) is 5.77. The Hall–Kier alpha value is -0.610. The third-order valence-corrected chi connectivity index (χ3v) is 3.11. The summed E-state index contributed by atoms with van der Waals surface area (Å²) in [6, 6.07) is 0.403. The number of rotatable bonds is 7. The molecule has 1 saturated heterocycles. The first-order chi connectivity index (χ1) is 7.59. The van der Waals surface area contributed by atoms with Crippen LogP contribution in [0.2, 0.25) is 0 Å². The van der Waals surface area contributed by atoms with Gasteiger partial charge < -0.3 is 14.7 Å². The van der Waals surface area contributed by atoms with Crippen LogP contribution in [-0.4, -0.2) is 47.8 Å². The number of carboxylic acids is 1. The number of aliphatic carboxylic acids is 1. The molecule has 1 aliphatic rings. The fourth-order valence-electron chi connectivity index (χ4n) is 2.05. The van der Waals surface area contributed by atoms with Gasteiger partial charge in [0.2, 0.25) is 0 Å². The third-order valence-electron chi connectivity index (χ3n) is 3.11. The minimum atomic E-state index is -0.720. The van der Waals surface area contributed by atoms with Crippen molar-refractivity contribution in [1.29, 1.82) is 0 Å². The van der Waals surface area contributed by atoms with Crippen LogP contribution in [0.3, 0.4) is 0 Å². The lowest BCUT2D eigenvalue weighted by molar-refractivity contribution is -0.137. The quantitative estimate of drug-likeness (QED) is 0.722. The van der Waals surface area contributed by atoms with E-state index in [0.29, 0.717) is 18.7 Å². The number of carbonyl (C=O) groups is 1. The van der Waals surface area contributed by atoms with E-state index < -0.39 is 5.97 Å². The zero-order valence-electron chi connectivity index (χ0n) is 10.3. The third kappa shape index (κ3) is 4.94. The molecule has 0 radical (unpaired) electrons. The molecule has 0 aromatic rings. The van der Waals surface area contributed by atoms with Crippen LogP contribution in [0.1, 0.15) is 39.5 Å². The summed E-state index contributed by atoms with van der Waals surface area (Å²) in [4.78, 5) is 12.8. The molecule has 0 amide bonds. The molecule has 0 aliphatic carbocycles. The Balaban J connectivity index is 2.23. The van der Waals surface area contributed by atoms with E-state index in [4.69, 9.17) is 9.84 Å². The van der Waals surface area contributed by atoms with Crippen LogP contribution in [-0.2, 0) is 9.53 Å². The molecule has 1 unspecified atom stereocenters. The average Bonchev–Trinajstić information content (AvgIpc) is 2.69. The molecule has 1 N–H and O–H groups in total. The van der Waals surface area contributed by atoms with Crippen molar-refractivity contribution in [2.45, 2.75) is 51.7 Å². The standard InChI is InChI=1S/C12H23NO3/c1-10(2)13(8-6-12(14)15)7-5-11-4-3-9-16-11/h10-11H,3-9H2,1-2H3,(H,14,15).